The molecule has 1 saturated heterocycles. The minimum atomic E-state index is -1.01. The topological polar surface area (TPSA) is 91.6 Å². The van der Waals surface area contributed by atoms with Crippen molar-refractivity contribution in [2.75, 3.05) is 6.54 Å². The zero-order chi connectivity index (χ0) is 17.3. The van der Waals surface area contributed by atoms with Crippen LogP contribution in [0.2, 0.25) is 0 Å². The van der Waals surface area contributed by atoms with Crippen LogP contribution in [0.3, 0.4) is 0 Å². The Labute approximate surface area is 137 Å². The van der Waals surface area contributed by atoms with Gasteiger partial charge in [-0.15, -0.1) is 0 Å². The largest absolute Gasteiger partial charge is 0.478 e. The van der Waals surface area contributed by atoms with Crippen LogP contribution in [0, 0.1) is 0 Å². The van der Waals surface area contributed by atoms with E-state index in [0.29, 0.717) is 17.9 Å². The van der Waals surface area contributed by atoms with E-state index in [4.69, 9.17) is 5.11 Å². The second-order valence-corrected chi connectivity index (χ2v) is 5.20. The molecule has 3 rings (SSSR count). The number of hydrogen-bond acceptors (Lipinski definition) is 3. The molecule has 2 N–H and O–H groups in total. The van der Waals surface area contributed by atoms with Crippen LogP contribution in [0.1, 0.15) is 23.0 Å². The summed E-state index contributed by atoms with van der Waals surface area (Å²) in [7, 11) is 0. The second kappa shape index (κ2) is 6.04. The molecule has 0 spiro atoms. The minimum absolute atomic E-state index is 0.169. The Morgan fingerprint density at radius 1 is 1.25 bits per heavy atom. The SMILES string of the molecule is CCN1C(=O)N/C(=C/c2cccn2-c2cccc(C(=O)O)c2)C1=O. The first-order valence-electron chi connectivity index (χ1n) is 7.37. The maximum absolute atomic E-state index is 12.2. The van der Waals surface area contributed by atoms with Crippen molar-refractivity contribution in [3.05, 3.63) is 59.5 Å². The van der Waals surface area contributed by atoms with Crippen molar-refractivity contribution in [1.82, 2.24) is 14.8 Å². The minimum Gasteiger partial charge on any atom is -0.478 e. The van der Waals surface area contributed by atoms with Gasteiger partial charge in [0.05, 0.1) is 5.56 Å². The van der Waals surface area contributed by atoms with Crippen molar-refractivity contribution in [3.8, 4) is 5.69 Å². The Hall–Kier alpha value is -3.35. The van der Waals surface area contributed by atoms with Gasteiger partial charge in [0, 0.05) is 24.1 Å². The average molecular weight is 325 g/mol. The molecular formula is C17H15N3O4. The Morgan fingerprint density at radius 2 is 2.04 bits per heavy atom. The molecule has 24 heavy (non-hydrogen) atoms. The molecule has 7 nitrogen and oxygen atoms in total. The van der Waals surface area contributed by atoms with Gasteiger partial charge < -0.3 is 15.0 Å². The summed E-state index contributed by atoms with van der Waals surface area (Å²) in [6.45, 7) is 2.02. The third-order valence-corrected chi connectivity index (χ3v) is 3.72. The van der Waals surface area contributed by atoms with Crippen LogP contribution in [0.25, 0.3) is 11.8 Å². The number of carboxylic acids is 1. The summed E-state index contributed by atoms with van der Waals surface area (Å²) < 4.78 is 1.74. The molecule has 2 aromatic rings. The van der Waals surface area contributed by atoms with Crippen LogP contribution >= 0.6 is 0 Å². The number of benzene rings is 1. The number of urea groups is 1. The quantitative estimate of drug-likeness (QED) is 0.665. The number of carbonyl (C=O) groups excluding carboxylic acids is 2. The number of likely N-dealkylation sites (N-methyl/N-ethyl adjacent to an activating group) is 1. The Morgan fingerprint density at radius 3 is 2.71 bits per heavy atom. The lowest BCUT2D eigenvalue weighted by molar-refractivity contribution is -0.122. The van der Waals surface area contributed by atoms with Gasteiger partial charge in [-0.05, 0) is 43.3 Å². The molecular weight excluding hydrogens is 310 g/mol. The fraction of sp³-hybridized carbons (Fsp3) is 0.118. The molecule has 0 radical (unpaired) electrons. The number of aromatic nitrogens is 1. The van der Waals surface area contributed by atoms with Crippen molar-refractivity contribution < 1.29 is 19.5 Å². The first kappa shape index (κ1) is 15.5. The molecule has 3 amide bonds. The lowest BCUT2D eigenvalue weighted by Gasteiger charge is -2.08. The molecule has 0 aliphatic carbocycles. The molecule has 1 fully saturated rings. The molecule has 1 aliphatic heterocycles. The standard InChI is InChI=1S/C17H15N3O4/c1-2-19-15(21)14(18-17(19)24)10-13-7-4-8-20(13)12-6-3-5-11(9-12)16(22)23/h3-10H,2H2,1H3,(H,18,24)(H,22,23)/b14-10+. The molecule has 0 saturated carbocycles. The molecule has 1 aliphatic rings. The fourth-order valence-electron chi connectivity index (χ4n) is 2.54. The lowest BCUT2D eigenvalue weighted by atomic mass is 10.2. The number of hydrogen-bond donors (Lipinski definition) is 2. The smallest absolute Gasteiger partial charge is 0.335 e. The summed E-state index contributed by atoms with van der Waals surface area (Å²) in [6, 6.07) is 9.57. The third kappa shape index (κ3) is 2.67. The Bertz CT molecular complexity index is 866. The van der Waals surface area contributed by atoms with Gasteiger partial charge in [0.25, 0.3) is 5.91 Å². The van der Waals surface area contributed by atoms with Gasteiger partial charge in [-0.2, -0.15) is 0 Å². The van der Waals surface area contributed by atoms with E-state index >= 15 is 0 Å². The van der Waals surface area contributed by atoms with E-state index in [9.17, 15) is 14.4 Å². The van der Waals surface area contributed by atoms with E-state index in [1.165, 1.54) is 12.1 Å². The van der Waals surface area contributed by atoms with Gasteiger partial charge in [-0.25, -0.2) is 9.59 Å². The number of carboxylic acid groups (broad SMARTS) is 1. The van der Waals surface area contributed by atoms with E-state index < -0.39 is 12.0 Å². The van der Waals surface area contributed by atoms with Crippen LogP contribution in [0.5, 0.6) is 0 Å². The molecule has 1 aromatic heterocycles. The first-order chi connectivity index (χ1) is 11.5. The fourth-order valence-corrected chi connectivity index (χ4v) is 2.54. The highest BCUT2D eigenvalue weighted by molar-refractivity contribution is 6.13. The number of nitrogens with zero attached hydrogens (tertiary/aromatic N) is 2. The van der Waals surface area contributed by atoms with Crippen LogP contribution in [0.4, 0.5) is 4.79 Å². The number of aromatic carboxylic acids is 1. The summed E-state index contributed by atoms with van der Waals surface area (Å²) in [5, 5.41) is 11.6. The number of nitrogens with one attached hydrogen (secondary N) is 1. The van der Waals surface area contributed by atoms with Gasteiger partial charge in [0.1, 0.15) is 5.70 Å². The van der Waals surface area contributed by atoms with Crippen LogP contribution in [-0.4, -0.2) is 39.0 Å². The van der Waals surface area contributed by atoms with Crippen molar-refractivity contribution in [3.63, 3.8) is 0 Å². The zero-order valence-electron chi connectivity index (χ0n) is 12.9. The number of amides is 3. The van der Waals surface area contributed by atoms with Crippen LogP contribution in [-0.2, 0) is 4.79 Å². The summed E-state index contributed by atoms with van der Waals surface area (Å²) >= 11 is 0. The van der Waals surface area contributed by atoms with E-state index in [1.807, 2.05) is 0 Å². The van der Waals surface area contributed by atoms with Crippen molar-refractivity contribution in [2.24, 2.45) is 0 Å². The van der Waals surface area contributed by atoms with Crippen molar-refractivity contribution in [1.29, 1.82) is 0 Å². The Balaban J connectivity index is 1.99. The molecule has 2 heterocycles. The van der Waals surface area contributed by atoms with Crippen LogP contribution < -0.4 is 5.32 Å². The number of rotatable bonds is 4. The lowest BCUT2D eigenvalue weighted by Crippen LogP contribution is -2.30. The normalized spacial score (nSPS) is 15.9. The highest BCUT2D eigenvalue weighted by atomic mass is 16.4. The first-order valence-corrected chi connectivity index (χ1v) is 7.37. The molecule has 122 valence electrons. The van der Waals surface area contributed by atoms with E-state index in [0.717, 1.165) is 4.90 Å². The van der Waals surface area contributed by atoms with E-state index in [1.54, 1.807) is 48.0 Å². The molecule has 1 aromatic carbocycles. The maximum Gasteiger partial charge on any atom is 0.335 e. The van der Waals surface area contributed by atoms with E-state index in [-0.39, 0.29) is 17.2 Å². The van der Waals surface area contributed by atoms with Gasteiger partial charge in [0.2, 0.25) is 0 Å². The van der Waals surface area contributed by atoms with Gasteiger partial charge in [0.15, 0.2) is 0 Å². The van der Waals surface area contributed by atoms with Crippen molar-refractivity contribution >= 4 is 24.0 Å². The van der Waals surface area contributed by atoms with Gasteiger partial charge in [-0.3, -0.25) is 9.69 Å². The van der Waals surface area contributed by atoms with E-state index in [2.05, 4.69) is 5.32 Å². The second-order valence-electron chi connectivity index (χ2n) is 5.20. The van der Waals surface area contributed by atoms with Crippen LogP contribution in [0.15, 0.2) is 48.3 Å². The summed E-state index contributed by atoms with van der Waals surface area (Å²) in [5.74, 6) is -1.39. The summed E-state index contributed by atoms with van der Waals surface area (Å²) in [4.78, 5) is 36.1. The molecule has 0 atom stereocenters. The summed E-state index contributed by atoms with van der Waals surface area (Å²) in [6.07, 6.45) is 3.33. The molecule has 0 unspecified atom stereocenters. The molecule has 7 heteroatoms. The highest BCUT2D eigenvalue weighted by Gasteiger charge is 2.32. The van der Waals surface area contributed by atoms with Gasteiger partial charge in [-0.1, -0.05) is 6.07 Å². The van der Waals surface area contributed by atoms with Gasteiger partial charge >= 0.3 is 12.0 Å². The highest BCUT2D eigenvalue weighted by Crippen LogP contribution is 2.19. The van der Waals surface area contributed by atoms with Crippen molar-refractivity contribution in [2.45, 2.75) is 6.92 Å². The maximum atomic E-state index is 12.2. The zero-order valence-corrected chi connectivity index (χ0v) is 12.9. The Kier molecular flexibility index (Phi) is 3.91. The molecule has 0 bridgehead atoms. The average Bonchev–Trinajstić information content (AvgIpc) is 3.12. The predicted octanol–water partition coefficient (Wildman–Crippen LogP) is 2.09. The predicted molar refractivity (Wildman–Crippen MR) is 86.6 cm³/mol. The third-order valence-electron chi connectivity index (χ3n) is 3.72. The summed E-state index contributed by atoms with van der Waals surface area (Å²) in [5.41, 5.74) is 1.66. The monoisotopic (exact) mass is 325 g/mol. The number of carbonyl (C=O) groups is 3. The number of imide groups is 1.